The van der Waals surface area contributed by atoms with Gasteiger partial charge in [-0.05, 0) is 45.4 Å². The molecule has 29 heavy (non-hydrogen) atoms. The molecule has 1 N–H and O–H groups in total. The van der Waals surface area contributed by atoms with Crippen molar-refractivity contribution in [2.24, 2.45) is 17.3 Å². The van der Waals surface area contributed by atoms with Gasteiger partial charge in [-0.15, -0.1) is 0 Å². The van der Waals surface area contributed by atoms with E-state index in [1.807, 2.05) is 6.08 Å². The predicted octanol–water partition coefficient (Wildman–Crippen LogP) is 5.23. The largest absolute Gasteiger partial charge is 0.469 e. The molecular formula is C23H36F2O4. The van der Waals surface area contributed by atoms with Gasteiger partial charge in [0, 0.05) is 24.7 Å². The fourth-order valence-corrected chi connectivity index (χ4v) is 5.00. The number of alkyl halides is 2. The summed E-state index contributed by atoms with van der Waals surface area (Å²) in [7, 11) is 1.34. The Balaban J connectivity index is 1.93. The molecule has 0 saturated heterocycles. The second-order valence-corrected chi connectivity index (χ2v) is 9.07. The van der Waals surface area contributed by atoms with Crippen molar-refractivity contribution in [3.63, 3.8) is 0 Å². The van der Waals surface area contributed by atoms with Crippen LogP contribution in [0.1, 0.15) is 84.5 Å². The average molecular weight is 415 g/mol. The first-order valence-corrected chi connectivity index (χ1v) is 11.0. The van der Waals surface area contributed by atoms with Gasteiger partial charge in [-0.2, -0.15) is 0 Å². The van der Waals surface area contributed by atoms with Crippen LogP contribution in [-0.2, 0) is 14.3 Å². The number of hydrogen-bond donors (Lipinski definition) is 1. The molecule has 2 aliphatic rings. The fourth-order valence-electron chi connectivity index (χ4n) is 5.00. The van der Waals surface area contributed by atoms with Crippen LogP contribution in [0.5, 0.6) is 0 Å². The Bertz CT molecular complexity index is 614. The summed E-state index contributed by atoms with van der Waals surface area (Å²) in [6.07, 6.45) is 9.56. The molecule has 1 unspecified atom stereocenters. The highest BCUT2D eigenvalue weighted by Gasteiger charge is 2.86. The van der Waals surface area contributed by atoms with Crippen LogP contribution in [0.2, 0.25) is 0 Å². The summed E-state index contributed by atoms with van der Waals surface area (Å²) in [5.74, 6) is -4.71. The normalized spacial score (nSPS) is 29.7. The number of aliphatic hydroxyl groups is 1. The number of ketones is 1. The summed E-state index contributed by atoms with van der Waals surface area (Å²) in [4.78, 5) is 23.5. The van der Waals surface area contributed by atoms with E-state index in [0.717, 1.165) is 19.3 Å². The summed E-state index contributed by atoms with van der Waals surface area (Å²) in [5, 5.41) is 10.6. The van der Waals surface area contributed by atoms with Crippen LogP contribution < -0.4 is 0 Å². The SMILES string of the molecule is CCCCCC(C)(O)CC[C@]12[C@H](CC(=O)[C@@H]1C/C=C\CCCC(=O)OC)C2(F)F. The average Bonchev–Trinajstić information content (AvgIpc) is 2.95. The van der Waals surface area contributed by atoms with E-state index in [4.69, 9.17) is 0 Å². The topological polar surface area (TPSA) is 63.6 Å². The molecule has 166 valence electrons. The van der Waals surface area contributed by atoms with E-state index in [9.17, 15) is 23.5 Å². The zero-order valence-corrected chi connectivity index (χ0v) is 18.0. The molecule has 2 fully saturated rings. The summed E-state index contributed by atoms with van der Waals surface area (Å²) in [5.41, 5.74) is -2.25. The van der Waals surface area contributed by atoms with Crippen LogP contribution in [0.4, 0.5) is 8.78 Å². The lowest BCUT2D eigenvalue weighted by atomic mass is 9.79. The molecule has 0 aromatic carbocycles. The van der Waals surface area contributed by atoms with Gasteiger partial charge in [0.15, 0.2) is 0 Å². The maximum atomic E-state index is 14.7. The number of methoxy groups -OCH3 is 1. The molecule has 6 heteroatoms. The highest BCUT2D eigenvalue weighted by atomic mass is 19.3. The maximum absolute atomic E-state index is 14.7. The monoisotopic (exact) mass is 414 g/mol. The van der Waals surface area contributed by atoms with Crippen LogP contribution in [0, 0.1) is 17.3 Å². The Morgan fingerprint density at radius 1 is 1.28 bits per heavy atom. The van der Waals surface area contributed by atoms with E-state index in [1.54, 1.807) is 13.0 Å². The summed E-state index contributed by atoms with van der Waals surface area (Å²) < 4.78 is 33.9. The molecule has 0 radical (unpaired) electrons. The minimum Gasteiger partial charge on any atom is -0.469 e. The number of hydrogen-bond acceptors (Lipinski definition) is 4. The second kappa shape index (κ2) is 9.67. The lowest BCUT2D eigenvalue weighted by Gasteiger charge is -2.28. The zero-order valence-electron chi connectivity index (χ0n) is 18.0. The third-order valence-electron chi connectivity index (χ3n) is 6.93. The highest BCUT2D eigenvalue weighted by Crippen LogP contribution is 2.77. The van der Waals surface area contributed by atoms with Crippen LogP contribution in [-0.4, -0.2) is 35.5 Å². The van der Waals surface area contributed by atoms with Crippen molar-refractivity contribution >= 4 is 11.8 Å². The Kier molecular flexibility index (Phi) is 8.00. The molecule has 0 bridgehead atoms. The van der Waals surface area contributed by atoms with Crippen molar-refractivity contribution in [1.82, 2.24) is 0 Å². The fraction of sp³-hybridized carbons (Fsp3) is 0.826. The van der Waals surface area contributed by atoms with Gasteiger partial charge in [0.2, 0.25) is 0 Å². The molecule has 0 heterocycles. The number of rotatable bonds is 13. The first kappa shape index (κ1) is 24.0. The Hall–Kier alpha value is -1.30. The molecule has 0 aromatic heterocycles. The number of halogens is 2. The number of unbranched alkanes of at least 4 members (excludes halogenated alkanes) is 3. The van der Waals surface area contributed by atoms with Crippen LogP contribution in [0.25, 0.3) is 0 Å². The summed E-state index contributed by atoms with van der Waals surface area (Å²) in [6, 6.07) is 0. The van der Waals surface area contributed by atoms with Gasteiger partial charge < -0.3 is 9.84 Å². The first-order chi connectivity index (χ1) is 13.6. The van der Waals surface area contributed by atoms with Gasteiger partial charge in [-0.3, -0.25) is 9.59 Å². The van der Waals surface area contributed by atoms with E-state index in [0.29, 0.717) is 38.5 Å². The first-order valence-electron chi connectivity index (χ1n) is 11.0. The molecule has 2 saturated carbocycles. The molecule has 0 amide bonds. The van der Waals surface area contributed by atoms with Crippen molar-refractivity contribution in [1.29, 1.82) is 0 Å². The summed E-state index contributed by atoms with van der Waals surface area (Å²) in [6.45, 7) is 3.81. The molecule has 4 nitrogen and oxygen atoms in total. The van der Waals surface area contributed by atoms with E-state index in [-0.39, 0.29) is 24.6 Å². The molecule has 0 aliphatic heterocycles. The van der Waals surface area contributed by atoms with Gasteiger partial charge >= 0.3 is 5.97 Å². The van der Waals surface area contributed by atoms with Gasteiger partial charge in [-0.1, -0.05) is 38.3 Å². The van der Waals surface area contributed by atoms with Crippen molar-refractivity contribution in [3.8, 4) is 0 Å². The van der Waals surface area contributed by atoms with Crippen molar-refractivity contribution in [2.75, 3.05) is 7.11 Å². The van der Waals surface area contributed by atoms with Crippen LogP contribution >= 0.6 is 0 Å². The molecular weight excluding hydrogens is 378 g/mol. The highest BCUT2D eigenvalue weighted by molar-refractivity contribution is 5.87. The number of esters is 1. The van der Waals surface area contributed by atoms with Gasteiger partial charge in [-0.25, -0.2) is 8.78 Å². The minimum atomic E-state index is -2.82. The van der Waals surface area contributed by atoms with Gasteiger partial charge in [0.25, 0.3) is 5.92 Å². The van der Waals surface area contributed by atoms with Gasteiger partial charge in [0.1, 0.15) is 5.78 Å². The number of allylic oxidation sites excluding steroid dienone is 2. The molecule has 2 rings (SSSR count). The number of carbonyl (C=O) groups excluding carboxylic acids is 2. The summed E-state index contributed by atoms with van der Waals surface area (Å²) >= 11 is 0. The molecule has 0 spiro atoms. The van der Waals surface area contributed by atoms with Crippen molar-refractivity contribution in [2.45, 2.75) is 96.0 Å². The lowest BCUT2D eigenvalue weighted by molar-refractivity contribution is -0.140. The van der Waals surface area contributed by atoms with Crippen LogP contribution in [0.15, 0.2) is 12.2 Å². The van der Waals surface area contributed by atoms with Crippen molar-refractivity contribution < 1.29 is 28.2 Å². The number of ether oxygens (including phenoxy) is 1. The predicted molar refractivity (Wildman–Crippen MR) is 108 cm³/mol. The number of Topliss-reactive ketones (excluding diaryl/α,β-unsaturated/α-hetero) is 1. The van der Waals surface area contributed by atoms with Gasteiger partial charge in [0.05, 0.1) is 18.1 Å². The number of fused-ring (bicyclic) bond motifs is 1. The standard InChI is InChI=1S/C23H36F2O4/c1-4-5-10-13-21(2,28)14-15-22-17(18(26)16-19(22)23(22,24)25)11-8-6-7-9-12-20(27)29-3/h6,8,17,19,28H,4-5,7,9-16H2,1-3H3/b8-6-/t17-,19-,21?,22+/m0/s1. The third-order valence-corrected chi connectivity index (χ3v) is 6.93. The quantitative estimate of drug-likeness (QED) is 0.255. The number of carbonyl (C=O) groups is 2. The molecule has 4 atom stereocenters. The Labute approximate surface area is 173 Å². The second-order valence-electron chi connectivity index (χ2n) is 9.07. The zero-order chi connectivity index (χ0) is 21.7. The Morgan fingerprint density at radius 3 is 2.66 bits per heavy atom. The van der Waals surface area contributed by atoms with Crippen molar-refractivity contribution in [3.05, 3.63) is 12.2 Å². The minimum absolute atomic E-state index is 0.0498. The van der Waals surface area contributed by atoms with E-state index in [1.165, 1.54) is 7.11 Å². The maximum Gasteiger partial charge on any atom is 0.305 e. The third kappa shape index (κ3) is 5.25. The Morgan fingerprint density at radius 2 is 2.00 bits per heavy atom. The van der Waals surface area contributed by atoms with Crippen LogP contribution in [0.3, 0.4) is 0 Å². The molecule has 0 aromatic rings. The molecule has 2 aliphatic carbocycles. The van der Waals surface area contributed by atoms with E-state index < -0.39 is 28.8 Å². The lowest BCUT2D eigenvalue weighted by Crippen LogP contribution is -2.31. The van der Waals surface area contributed by atoms with E-state index in [2.05, 4.69) is 11.7 Å². The smallest absolute Gasteiger partial charge is 0.305 e. The van der Waals surface area contributed by atoms with E-state index >= 15 is 0 Å².